The van der Waals surface area contributed by atoms with Gasteiger partial charge in [0.1, 0.15) is 11.5 Å². The van der Waals surface area contributed by atoms with E-state index in [2.05, 4.69) is 30.4 Å². The molecule has 0 spiro atoms. The smallest absolute Gasteiger partial charge is 0.277 e. The molecule has 0 aliphatic rings. The van der Waals surface area contributed by atoms with Crippen LogP contribution in [0.25, 0.3) is 0 Å². The molecule has 5 heteroatoms. The Bertz CT molecular complexity index is 754. The van der Waals surface area contributed by atoms with E-state index in [1.54, 1.807) is 13.3 Å². The minimum Gasteiger partial charge on any atom is -0.496 e. The molecule has 0 radical (unpaired) electrons. The summed E-state index contributed by atoms with van der Waals surface area (Å²) in [6, 6.07) is 13.5. The molecule has 2 rings (SSSR count). The number of nitrogens with zero attached hydrogens (tertiary/aromatic N) is 1. The summed E-state index contributed by atoms with van der Waals surface area (Å²) in [5, 5.41) is 3.95. The number of ether oxygens (including phenoxy) is 2. The van der Waals surface area contributed by atoms with Crippen LogP contribution in [0.4, 0.5) is 0 Å². The second kappa shape index (κ2) is 8.87. The number of para-hydroxylation sites is 1. The standard InChI is InChI=1S/C20H24N2O3/c1-14(2)16-10-9-15(3)19(11-16)25-13-20(23)22-21-12-17-7-5-6-8-18(17)24-4/h5-12,14H,13H2,1-4H3,(H,22,23)/b21-12+. The molecular formula is C20H24N2O3. The maximum atomic E-state index is 11.9. The molecule has 2 aromatic rings. The van der Waals surface area contributed by atoms with Crippen molar-refractivity contribution in [3.63, 3.8) is 0 Å². The van der Waals surface area contributed by atoms with Gasteiger partial charge in [0.05, 0.1) is 13.3 Å². The molecule has 0 saturated heterocycles. The normalized spacial score (nSPS) is 10.9. The van der Waals surface area contributed by atoms with Crippen LogP contribution in [0.5, 0.6) is 11.5 Å². The average molecular weight is 340 g/mol. The molecule has 0 bridgehead atoms. The topological polar surface area (TPSA) is 59.9 Å². The number of hydrazone groups is 1. The highest BCUT2D eigenvalue weighted by Crippen LogP contribution is 2.24. The third kappa shape index (κ3) is 5.35. The fourth-order valence-corrected chi connectivity index (χ4v) is 2.25. The molecular weight excluding hydrogens is 316 g/mol. The molecule has 5 nitrogen and oxygen atoms in total. The van der Waals surface area contributed by atoms with E-state index >= 15 is 0 Å². The van der Waals surface area contributed by atoms with Crippen molar-refractivity contribution in [3.05, 3.63) is 59.2 Å². The second-order valence-electron chi connectivity index (χ2n) is 6.00. The Morgan fingerprint density at radius 1 is 1.20 bits per heavy atom. The third-order valence-electron chi connectivity index (χ3n) is 3.77. The Kier molecular flexibility index (Phi) is 6.57. The number of methoxy groups -OCH3 is 1. The summed E-state index contributed by atoms with van der Waals surface area (Å²) in [7, 11) is 1.59. The lowest BCUT2D eigenvalue weighted by molar-refractivity contribution is -0.123. The number of nitrogens with one attached hydrogen (secondary N) is 1. The van der Waals surface area contributed by atoms with Crippen molar-refractivity contribution in [3.8, 4) is 11.5 Å². The van der Waals surface area contributed by atoms with Gasteiger partial charge in [-0.05, 0) is 42.2 Å². The van der Waals surface area contributed by atoms with Gasteiger partial charge < -0.3 is 9.47 Å². The number of carbonyl (C=O) groups is 1. The molecule has 1 N–H and O–H groups in total. The van der Waals surface area contributed by atoms with Gasteiger partial charge in [-0.3, -0.25) is 4.79 Å². The first kappa shape index (κ1) is 18.5. The van der Waals surface area contributed by atoms with E-state index in [0.717, 1.165) is 16.9 Å². The van der Waals surface area contributed by atoms with E-state index in [-0.39, 0.29) is 12.5 Å². The molecule has 0 unspecified atom stereocenters. The Hall–Kier alpha value is -2.82. The number of amides is 1. The fourth-order valence-electron chi connectivity index (χ4n) is 2.25. The molecule has 25 heavy (non-hydrogen) atoms. The summed E-state index contributed by atoms with van der Waals surface area (Å²) in [6.07, 6.45) is 1.54. The number of carbonyl (C=O) groups excluding carboxylic acids is 1. The maximum Gasteiger partial charge on any atom is 0.277 e. The Morgan fingerprint density at radius 3 is 2.68 bits per heavy atom. The molecule has 0 heterocycles. The lowest BCUT2D eigenvalue weighted by atomic mass is 10.0. The quantitative estimate of drug-likeness (QED) is 0.618. The van der Waals surface area contributed by atoms with Gasteiger partial charge in [0, 0.05) is 5.56 Å². The summed E-state index contributed by atoms with van der Waals surface area (Å²) in [5.41, 5.74) is 5.41. The highest BCUT2D eigenvalue weighted by atomic mass is 16.5. The highest BCUT2D eigenvalue weighted by Gasteiger charge is 2.07. The highest BCUT2D eigenvalue weighted by molar-refractivity contribution is 5.85. The molecule has 1 amide bonds. The summed E-state index contributed by atoms with van der Waals surface area (Å²) < 4.78 is 10.8. The molecule has 0 saturated carbocycles. The van der Waals surface area contributed by atoms with E-state index in [1.165, 1.54) is 5.56 Å². The SMILES string of the molecule is COc1ccccc1/C=N/NC(=O)COc1cc(C(C)C)ccc1C. The number of aryl methyl sites for hydroxylation is 1. The minimum atomic E-state index is -0.319. The predicted octanol–water partition coefficient (Wildman–Crippen LogP) is 3.66. The van der Waals surface area contributed by atoms with Gasteiger partial charge in [0.25, 0.3) is 5.91 Å². The largest absolute Gasteiger partial charge is 0.496 e. The fraction of sp³-hybridized carbons (Fsp3) is 0.300. The van der Waals surface area contributed by atoms with E-state index in [4.69, 9.17) is 9.47 Å². The van der Waals surface area contributed by atoms with E-state index in [9.17, 15) is 4.79 Å². The Balaban J connectivity index is 1.91. The summed E-state index contributed by atoms with van der Waals surface area (Å²) >= 11 is 0. The molecule has 132 valence electrons. The van der Waals surface area contributed by atoms with Crippen LogP contribution in [-0.4, -0.2) is 25.8 Å². The van der Waals surface area contributed by atoms with Crippen molar-refractivity contribution in [2.45, 2.75) is 26.7 Å². The van der Waals surface area contributed by atoms with Gasteiger partial charge in [0.15, 0.2) is 6.61 Å². The van der Waals surface area contributed by atoms with E-state index in [0.29, 0.717) is 11.7 Å². The van der Waals surface area contributed by atoms with E-state index < -0.39 is 0 Å². The van der Waals surface area contributed by atoms with Gasteiger partial charge in [-0.2, -0.15) is 5.10 Å². The summed E-state index contributed by atoms with van der Waals surface area (Å²) in [6.45, 7) is 6.10. The van der Waals surface area contributed by atoms with Gasteiger partial charge in [-0.25, -0.2) is 5.43 Å². The average Bonchev–Trinajstić information content (AvgIpc) is 2.61. The van der Waals surface area contributed by atoms with Crippen LogP contribution < -0.4 is 14.9 Å². The van der Waals surface area contributed by atoms with Crippen LogP contribution in [0, 0.1) is 6.92 Å². The van der Waals surface area contributed by atoms with E-state index in [1.807, 2.05) is 43.3 Å². The van der Waals surface area contributed by atoms with Crippen LogP contribution in [0.1, 0.15) is 36.5 Å². The third-order valence-corrected chi connectivity index (χ3v) is 3.77. The lowest BCUT2D eigenvalue weighted by Gasteiger charge is -2.12. The van der Waals surface area contributed by atoms with Gasteiger partial charge in [-0.15, -0.1) is 0 Å². The molecule has 0 atom stereocenters. The Labute approximate surface area is 148 Å². The first-order valence-electron chi connectivity index (χ1n) is 8.19. The second-order valence-corrected chi connectivity index (χ2v) is 6.00. The van der Waals surface area contributed by atoms with Gasteiger partial charge in [0.2, 0.25) is 0 Å². The van der Waals surface area contributed by atoms with Crippen LogP contribution in [0.2, 0.25) is 0 Å². The lowest BCUT2D eigenvalue weighted by Crippen LogP contribution is -2.24. The number of hydrogen-bond acceptors (Lipinski definition) is 4. The first-order valence-corrected chi connectivity index (χ1v) is 8.19. The van der Waals surface area contributed by atoms with Crippen molar-refractivity contribution in [1.29, 1.82) is 0 Å². The molecule has 0 aromatic heterocycles. The number of rotatable bonds is 7. The van der Waals surface area contributed by atoms with Crippen molar-refractivity contribution < 1.29 is 14.3 Å². The zero-order chi connectivity index (χ0) is 18.2. The van der Waals surface area contributed by atoms with Gasteiger partial charge >= 0.3 is 0 Å². The van der Waals surface area contributed by atoms with Crippen molar-refractivity contribution >= 4 is 12.1 Å². The monoisotopic (exact) mass is 340 g/mol. The van der Waals surface area contributed by atoms with Crippen LogP contribution in [0.15, 0.2) is 47.6 Å². The van der Waals surface area contributed by atoms with Crippen molar-refractivity contribution in [2.24, 2.45) is 5.10 Å². The first-order chi connectivity index (χ1) is 12.0. The van der Waals surface area contributed by atoms with Crippen LogP contribution in [0.3, 0.4) is 0 Å². The molecule has 0 aliphatic carbocycles. The van der Waals surface area contributed by atoms with Crippen molar-refractivity contribution in [1.82, 2.24) is 5.43 Å². The maximum absolute atomic E-state index is 11.9. The summed E-state index contributed by atoms with van der Waals surface area (Å²) in [4.78, 5) is 11.9. The predicted molar refractivity (Wildman–Crippen MR) is 99.5 cm³/mol. The zero-order valence-corrected chi connectivity index (χ0v) is 15.1. The number of benzene rings is 2. The minimum absolute atomic E-state index is 0.0916. The molecule has 0 aliphatic heterocycles. The van der Waals surface area contributed by atoms with Gasteiger partial charge in [-0.1, -0.05) is 38.1 Å². The number of hydrogen-bond donors (Lipinski definition) is 1. The molecule has 2 aromatic carbocycles. The summed E-state index contributed by atoms with van der Waals surface area (Å²) in [5.74, 6) is 1.50. The Morgan fingerprint density at radius 2 is 1.96 bits per heavy atom. The van der Waals surface area contributed by atoms with Crippen molar-refractivity contribution in [2.75, 3.05) is 13.7 Å². The van der Waals surface area contributed by atoms with Crippen LogP contribution in [-0.2, 0) is 4.79 Å². The zero-order valence-electron chi connectivity index (χ0n) is 15.1. The van der Waals surface area contributed by atoms with Crippen LogP contribution >= 0.6 is 0 Å². The molecule has 0 fully saturated rings.